The van der Waals surface area contributed by atoms with Crippen molar-refractivity contribution in [1.29, 1.82) is 0 Å². The number of carbonyl (C=O) groups is 1. The van der Waals surface area contributed by atoms with E-state index in [1.807, 2.05) is 6.92 Å². The van der Waals surface area contributed by atoms with Gasteiger partial charge in [0, 0.05) is 18.0 Å². The maximum absolute atomic E-state index is 12.9. The lowest BCUT2D eigenvalue weighted by Gasteiger charge is -2.05. The predicted molar refractivity (Wildman–Crippen MR) is 58.4 cm³/mol. The van der Waals surface area contributed by atoms with Crippen LogP contribution in [-0.2, 0) is 0 Å². The van der Waals surface area contributed by atoms with Crippen molar-refractivity contribution < 1.29 is 9.18 Å². The number of hydrogen-bond acceptors (Lipinski definition) is 2. The van der Waals surface area contributed by atoms with Gasteiger partial charge in [0.05, 0.1) is 0 Å². The van der Waals surface area contributed by atoms with E-state index in [1.165, 1.54) is 12.1 Å². The van der Waals surface area contributed by atoms with Crippen LogP contribution in [-0.4, -0.2) is 11.8 Å². The summed E-state index contributed by atoms with van der Waals surface area (Å²) in [5.41, 5.74) is 6.63. The summed E-state index contributed by atoms with van der Waals surface area (Å²) < 4.78 is 12.9. The Bertz CT molecular complexity index is 361. The first-order valence-electron chi connectivity index (χ1n) is 5.05. The molecule has 1 rings (SSSR count). The van der Waals surface area contributed by atoms with Gasteiger partial charge in [0.1, 0.15) is 5.82 Å². The van der Waals surface area contributed by atoms with Crippen molar-refractivity contribution in [2.24, 2.45) is 5.73 Å². The minimum Gasteiger partial charge on any atom is -0.328 e. The van der Waals surface area contributed by atoms with Crippen LogP contribution in [0.1, 0.15) is 35.7 Å². The summed E-state index contributed by atoms with van der Waals surface area (Å²) >= 11 is 0. The third-order valence-corrected chi connectivity index (χ3v) is 2.31. The zero-order chi connectivity index (χ0) is 11.4. The first-order chi connectivity index (χ1) is 7.00. The summed E-state index contributed by atoms with van der Waals surface area (Å²) in [5, 5.41) is 0. The van der Waals surface area contributed by atoms with Gasteiger partial charge in [0.25, 0.3) is 0 Å². The third kappa shape index (κ3) is 3.44. The molecule has 1 unspecified atom stereocenters. The van der Waals surface area contributed by atoms with Crippen molar-refractivity contribution in [2.45, 2.75) is 32.7 Å². The second kappa shape index (κ2) is 5.03. The smallest absolute Gasteiger partial charge is 0.162 e. The fourth-order valence-corrected chi connectivity index (χ4v) is 1.32. The molecular weight excluding hydrogens is 193 g/mol. The van der Waals surface area contributed by atoms with E-state index in [4.69, 9.17) is 5.73 Å². The monoisotopic (exact) mass is 209 g/mol. The number of carbonyl (C=O) groups excluding carboxylic acids is 1. The highest BCUT2D eigenvalue weighted by Crippen LogP contribution is 2.12. The summed E-state index contributed by atoms with van der Waals surface area (Å²) in [4.78, 5) is 11.6. The molecule has 0 aliphatic heterocycles. The summed E-state index contributed by atoms with van der Waals surface area (Å²) in [7, 11) is 0. The number of ketones is 1. The van der Waals surface area contributed by atoms with E-state index in [1.54, 1.807) is 13.0 Å². The average Bonchev–Trinajstić information content (AvgIpc) is 2.18. The lowest BCUT2D eigenvalue weighted by atomic mass is 10.0. The number of hydrogen-bond donors (Lipinski definition) is 1. The fourth-order valence-electron chi connectivity index (χ4n) is 1.32. The van der Waals surface area contributed by atoms with Gasteiger partial charge in [-0.3, -0.25) is 4.79 Å². The van der Waals surface area contributed by atoms with E-state index in [0.29, 0.717) is 24.0 Å². The molecular formula is C12H16FNO. The number of benzene rings is 1. The van der Waals surface area contributed by atoms with Gasteiger partial charge in [-0.05, 0) is 44.0 Å². The van der Waals surface area contributed by atoms with E-state index in [0.717, 1.165) is 0 Å². The zero-order valence-electron chi connectivity index (χ0n) is 9.09. The molecule has 1 aromatic carbocycles. The van der Waals surface area contributed by atoms with E-state index in [9.17, 15) is 9.18 Å². The van der Waals surface area contributed by atoms with Gasteiger partial charge in [-0.1, -0.05) is 0 Å². The van der Waals surface area contributed by atoms with Gasteiger partial charge in [0.2, 0.25) is 0 Å². The zero-order valence-corrected chi connectivity index (χ0v) is 9.09. The molecule has 0 radical (unpaired) electrons. The van der Waals surface area contributed by atoms with E-state index < -0.39 is 0 Å². The first kappa shape index (κ1) is 11.9. The molecule has 0 aromatic heterocycles. The molecule has 0 fully saturated rings. The summed E-state index contributed by atoms with van der Waals surface area (Å²) in [6.45, 7) is 3.51. The van der Waals surface area contributed by atoms with Crippen LogP contribution in [0.4, 0.5) is 4.39 Å². The topological polar surface area (TPSA) is 43.1 Å². The number of halogens is 1. The molecule has 1 aromatic rings. The van der Waals surface area contributed by atoms with Gasteiger partial charge in [-0.2, -0.15) is 0 Å². The van der Waals surface area contributed by atoms with Crippen LogP contribution in [0.2, 0.25) is 0 Å². The average molecular weight is 209 g/mol. The lowest BCUT2D eigenvalue weighted by molar-refractivity contribution is 0.0978. The van der Waals surface area contributed by atoms with Crippen LogP contribution in [0.3, 0.4) is 0 Å². The number of Topliss-reactive ketones (excluding diaryl/α,β-unsaturated/α-hetero) is 1. The summed E-state index contributed by atoms with van der Waals surface area (Å²) in [6, 6.07) is 4.45. The van der Waals surface area contributed by atoms with Gasteiger partial charge in [-0.25, -0.2) is 4.39 Å². The van der Waals surface area contributed by atoms with E-state index in [-0.39, 0.29) is 17.6 Å². The minimum absolute atomic E-state index is 0.0235. The summed E-state index contributed by atoms with van der Waals surface area (Å²) in [5.74, 6) is -0.255. The molecule has 0 saturated heterocycles. The van der Waals surface area contributed by atoms with Crippen LogP contribution >= 0.6 is 0 Å². The molecule has 2 nitrogen and oxygen atoms in total. The minimum atomic E-state index is -0.279. The van der Waals surface area contributed by atoms with Crippen molar-refractivity contribution in [3.63, 3.8) is 0 Å². The molecule has 1 atom stereocenters. The van der Waals surface area contributed by atoms with Gasteiger partial charge < -0.3 is 5.73 Å². The maximum Gasteiger partial charge on any atom is 0.162 e. The van der Waals surface area contributed by atoms with E-state index >= 15 is 0 Å². The highest BCUT2D eigenvalue weighted by molar-refractivity contribution is 5.96. The Morgan fingerprint density at radius 2 is 2.20 bits per heavy atom. The molecule has 82 valence electrons. The van der Waals surface area contributed by atoms with E-state index in [2.05, 4.69) is 0 Å². The first-order valence-corrected chi connectivity index (χ1v) is 5.05. The Morgan fingerprint density at radius 3 is 2.73 bits per heavy atom. The molecule has 0 spiro atoms. The maximum atomic E-state index is 12.9. The quantitative estimate of drug-likeness (QED) is 0.774. The fraction of sp³-hybridized carbons (Fsp3) is 0.417. The molecule has 0 heterocycles. The van der Waals surface area contributed by atoms with Crippen LogP contribution < -0.4 is 5.73 Å². The Kier molecular flexibility index (Phi) is 3.97. The SMILES string of the molecule is Cc1cc(C(=O)CCC(C)N)ccc1F. The summed E-state index contributed by atoms with van der Waals surface area (Å²) in [6.07, 6.45) is 1.08. The van der Waals surface area contributed by atoms with Gasteiger partial charge in [-0.15, -0.1) is 0 Å². The lowest BCUT2D eigenvalue weighted by Crippen LogP contribution is -2.16. The van der Waals surface area contributed by atoms with Crippen LogP contribution in [0.15, 0.2) is 18.2 Å². The molecule has 3 heteroatoms. The van der Waals surface area contributed by atoms with Gasteiger partial charge >= 0.3 is 0 Å². The third-order valence-electron chi connectivity index (χ3n) is 2.31. The highest BCUT2D eigenvalue weighted by Gasteiger charge is 2.08. The molecule has 2 N–H and O–H groups in total. The molecule has 0 bridgehead atoms. The van der Waals surface area contributed by atoms with Crippen LogP contribution in [0, 0.1) is 12.7 Å². The largest absolute Gasteiger partial charge is 0.328 e. The van der Waals surface area contributed by atoms with Crippen molar-refractivity contribution in [2.75, 3.05) is 0 Å². The molecule has 0 aliphatic carbocycles. The molecule has 0 saturated carbocycles. The molecule has 0 amide bonds. The standard InChI is InChI=1S/C12H16FNO/c1-8-7-10(4-5-11(8)13)12(15)6-3-9(2)14/h4-5,7,9H,3,6,14H2,1-2H3. The Morgan fingerprint density at radius 1 is 1.53 bits per heavy atom. The predicted octanol–water partition coefficient (Wildman–Crippen LogP) is 2.44. The Labute approximate surface area is 89.3 Å². The van der Waals surface area contributed by atoms with Gasteiger partial charge in [0.15, 0.2) is 5.78 Å². The normalized spacial score (nSPS) is 12.5. The number of nitrogens with two attached hydrogens (primary N) is 1. The Balaban J connectivity index is 2.70. The van der Waals surface area contributed by atoms with Crippen molar-refractivity contribution >= 4 is 5.78 Å². The van der Waals surface area contributed by atoms with Crippen LogP contribution in [0.5, 0.6) is 0 Å². The number of rotatable bonds is 4. The second-order valence-electron chi connectivity index (χ2n) is 3.90. The molecule has 15 heavy (non-hydrogen) atoms. The van der Waals surface area contributed by atoms with Crippen molar-refractivity contribution in [1.82, 2.24) is 0 Å². The van der Waals surface area contributed by atoms with Crippen molar-refractivity contribution in [3.8, 4) is 0 Å². The molecule has 0 aliphatic rings. The van der Waals surface area contributed by atoms with Crippen LogP contribution in [0.25, 0.3) is 0 Å². The highest BCUT2D eigenvalue weighted by atomic mass is 19.1. The number of aryl methyl sites for hydroxylation is 1. The second-order valence-corrected chi connectivity index (χ2v) is 3.90. The van der Waals surface area contributed by atoms with Crippen molar-refractivity contribution in [3.05, 3.63) is 35.1 Å². The Hall–Kier alpha value is -1.22.